The van der Waals surface area contributed by atoms with E-state index in [-0.39, 0.29) is 12.6 Å². The number of aromatic nitrogens is 1. The van der Waals surface area contributed by atoms with Crippen LogP contribution in [0, 0.1) is 0 Å². The maximum atomic E-state index is 9.36. The van der Waals surface area contributed by atoms with E-state index in [4.69, 9.17) is 0 Å². The summed E-state index contributed by atoms with van der Waals surface area (Å²) in [4.78, 5) is 6.64. The van der Waals surface area contributed by atoms with Crippen molar-refractivity contribution in [2.24, 2.45) is 0 Å². The van der Waals surface area contributed by atoms with Gasteiger partial charge in [-0.25, -0.2) is 0 Å². The summed E-state index contributed by atoms with van der Waals surface area (Å²) in [6.45, 7) is 3.96. The number of nitrogens with zero attached hydrogens (tertiary/aromatic N) is 2. The Balaban J connectivity index is 2.00. The van der Waals surface area contributed by atoms with E-state index in [0.717, 1.165) is 38.3 Å². The molecule has 1 aliphatic heterocycles. The quantitative estimate of drug-likeness (QED) is 0.767. The Kier molecular flexibility index (Phi) is 4.27. The third kappa shape index (κ3) is 3.01. The summed E-state index contributed by atoms with van der Waals surface area (Å²) in [5.41, 5.74) is 1.07. The van der Waals surface area contributed by atoms with Crippen molar-refractivity contribution in [3.05, 3.63) is 30.1 Å². The highest BCUT2D eigenvalue weighted by Gasteiger charge is 2.20. The van der Waals surface area contributed by atoms with Crippen LogP contribution in [0.3, 0.4) is 0 Å². The monoisotopic (exact) mass is 221 g/mol. The fraction of sp³-hybridized carbons (Fsp3) is 0.583. The molecule has 2 N–H and O–H groups in total. The van der Waals surface area contributed by atoms with Crippen LogP contribution in [0.5, 0.6) is 0 Å². The molecule has 2 rings (SSSR count). The van der Waals surface area contributed by atoms with E-state index in [9.17, 15) is 5.11 Å². The molecule has 0 aromatic carbocycles. The molecule has 16 heavy (non-hydrogen) atoms. The van der Waals surface area contributed by atoms with Gasteiger partial charge in [0.1, 0.15) is 0 Å². The van der Waals surface area contributed by atoms with Gasteiger partial charge in [-0.2, -0.15) is 0 Å². The SMILES string of the molecule is OCC1CNCCCN1Cc1ccccn1. The van der Waals surface area contributed by atoms with E-state index >= 15 is 0 Å². The van der Waals surface area contributed by atoms with Crippen molar-refractivity contribution in [3.63, 3.8) is 0 Å². The molecular formula is C12H19N3O. The summed E-state index contributed by atoms with van der Waals surface area (Å²) in [6, 6.07) is 6.18. The van der Waals surface area contributed by atoms with Gasteiger partial charge in [-0.15, -0.1) is 0 Å². The first-order chi connectivity index (χ1) is 7.90. The topological polar surface area (TPSA) is 48.4 Å². The number of aliphatic hydroxyl groups is 1. The molecule has 1 saturated heterocycles. The molecule has 0 aliphatic carbocycles. The van der Waals surface area contributed by atoms with Gasteiger partial charge >= 0.3 is 0 Å². The number of hydrogen-bond acceptors (Lipinski definition) is 4. The number of rotatable bonds is 3. The van der Waals surface area contributed by atoms with Crippen LogP contribution in [-0.2, 0) is 6.54 Å². The molecule has 2 heterocycles. The molecule has 0 spiro atoms. The highest BCUT2D eigenvalue weighted by Crippen LogP contribution is 2.08. The summed E-state index contributed by atoms with van der Waals surface area (Å²) in [6.07, 6.45) is 2.95. The van der Waals surface area contributed by atoms with E-state index in [2.05, 4.69) is 15.2 Å². The molecule has 1 aliphatic rings. The van der Waals surface area contributed by atoms with Crippen LogP contribution in [0.2, 0.25) is 0 Å². The molecule has 88 valence electrons. The minimum atomic E-state index is 0.208. The molecule has 0 bridgehead atoms. The molecule has 1 aromatic rings. The van der Waals surface area contributed by atoms with E-state index in [1.165, 1.54) is 0 Å². The zero-order valence-electron chi connectivity index (χ0n) is 9.47. The van der Waals surface area contributed by atoms with Crippen molar-refractivity contribution < 1.29 is 5.11 Å². The van der Waals surface area contributed by atoms with Crippen molar-refractivity contribution in [1.82, 2.24) is 15.2 Å². The molecule has 1 unspecified atom stereocenters. The van der Waals surface area contributed by atoms with Crippen LogP contribution in [0.1, 0.15) is 12.1 Å². The number of nitrogens with one attached hydrogen (secondary N) is 1. The van der Waals surface area contributed by atoms with Crippen molar-refractivity contribution in [2.75, 3.05) is 26.2 Å². The molecule has 0 saturated carbocycles. The first-order valence-corrected chi connectivity index (χ1v) is 5.85. The maximum absolute atomic E-state index is 9.36. The lowest BCUT2D eigenvalue weighted by atomic mass is 10.2. The lowest BCUT2D eigenvalue weighted by Gasteiger charge is -2.27. The fourth-order valence-corrected chi connectivity index (χ4v) is 2.08. The second kappa shape index (κ2) is 5.94. The van der Waals surface area contributed by atoms with Crippen LogP contribution in [0.15, 0.2) is 24.4 Å². The number of aliphatic hydroxyl groups excluding tert-OH is 1. The van der Waals surface area contributed by atoms with Crippen LogP contribution in [0.4, 0.5) is 0 Å². The molecule has 1 atom stereocenters. The molecular weight excluding hydrogens is 202 g/mol. The molecule has 1 fully saturated rings. The van der Waals surface area contributed by atoms with Crippen molar-refractivity contribution in [2.45, 2.75) is 19.0 Å². The lowest BCUT2D eigenvalue weighted by Crippen LogP contribution is -2.41. The summed E-state index contributed by atoms with van der Waals surface area (Å²) < 4.78 is 0. The lowest BCUT2D eigenvalue weighted by molar-refractivity contribution is 0.125. The van der Waals surface area contributed by atoms with E-state index < -0.39 is 0 Å². The smallest absolute Gasteiger partial charge is 0.0599 e. The average molecular weight is 221 g/mol. The Labute approximate surface area is 96.3 Å². The normalized spacial score (nSPS) is 22.9. The molecule has 4 heteroatoms. The number of pyridine rings is 1. The van der Waals surface area contributed by atoms with Gasteiger partial charge in [-0.05, 0) is 25.1 Å². The largest absolute Gasteiger partial charge is 0.395 e. The average Bonchev–Trinajstić information content (AvgIpc) is 2.55. The Morgan fingerprint density at radius 1 is 1.50 bits per heavy atom. The predicted molar refractivity (Wildman–Crippen MR) is 63.0 cm³/mol. The van der Waals surface area contributed by atoms with Crippen molar-refractivity contribution in [3.8, 4) is 0 Å². The van der Waals surface area contributed by atoms with Gasteiger partial charge in [-0.3, -0.25) is 9.88 Å². The van der Waals surface area contributed by atoms with Crippen LogP contribution < -0.4 is 5.32 Å². The standard InChI is InChI=1S/C12H19N3O/c16-10-12-8-13-5-3-7-15(12)9-11-4-1-2-6-14-11/h1-2,4,6,12-13,16H,3,5,7-10H2. The third-order valence-electron chi connectivity index (χ3n) is 3.00. The minimum absolute atomic E-state index is 0.208. The van der Waals surface area contributed by atoms with Gasteiger partial charge in [0.2, 0.25) is 0 Å². The summed E-state index contributed by atoms with van der Waals surface area (Å²) in [5.74, 6) is 0. The first kappa shape index (κ1) is 11.5. The van der Waals surface area contributed by atoms with Crippen molar-refractivity contribution >= 4 is 0 Å². The van der Waals surface area contributed by atoms with E-state index in [0.29, 0.717) is 0 Å². The van der Waals surface area contributed by atoms with E-state index in [1.54, 1.807) is 0 Å². The van der Waals surface area contributed by atoms with Crippen LogP contribution in [-0.4, -0.2) is 47.3 Å². The molecule has 0 radical (unpaired) electrons. The van der Waals surface area contributed by atoms with Gasteiger partial charge in [0.05, 0.1) is 12.3 Å². The zero-order valence-corrected chi connectivity index (χ0v) is 9.47. The third-order valence-corrected chi connectivity index (χ3v) is 3.00. The second-order valence-corrected chi connectivity index (χ2v) is 4.19. The highest BCUT2D eigenvalue weighted by molar-refractivity contribution is 5.03. The second-order valence-electron chi connectivity index (χ2n) is 4.19. The van der Waals surface area contributed by atoms with Gasteiger partial charge in [0, 0.05) is 31.9 Å². The van der Waals surface area contributed by atoms with Crippen LogP contribution >= 0.6 is 0 Å². The van der Waals surface area contributed by atoms with Gasteiger partial charge in [-0.1, -0.05) is 6.07 Å². The zero-order chi connectivity index (χ0) is 11.2. The molecule has 0 amide bonds. The Bertz CT molecular complexity index is 304. The highest BCUT2D eigenvalue weighted by atomic mass is 16.3. The molecule has 1 aromatic heterocycles. The predicted octanol–water partition coefficient (Wildman–Crippen LogP) is 0.238. The van der Waals surface area contributed by atoms with Crippen LogP contribution in [0.25, 0.3) is 0 Å². The Morgan fingerprint density at radius 3 is 3.19 bits per heavy atom. The maximum Gasteiger partial charge on any atom is 0.0599 e. The Hall–Kier alpha value is -0.970. The number of hydrogen-bond donors (Lipinski definition) is 2. The first-order valence-electron chi connectivity index (χ1n) is 5.85. The molecule has 4 nitrogen and oxygen atoms in total. The fourth-order valence-electron chi connectivity index (χ4n) is 2.08. The minimum Gasteiger partial charge on any atom is -0.395 e. The Morgan fingerprint density at radius 2 is 2.44 bits per heavy atom. The van der Waals surface area contributed by atoms with Gasteiger partial charge < -0.3 is 10.4 Å². The van der Waals surface area contributed by atoms with E-state index in [1.807, 2.05) is 24.4 Å². The summed E-state index contributed by atoms with van der Waals surface area (Å²) in [7, 11) is 0. The van der Waals surface area contributed by atoms with Gasteiger partial charge in [0.25, 0.3) is 0 Å². The van der Waals surface area contributed by atoms with Crippen molar-refractivity contribution in [1.29, 1.82) is 0 Å². The summed E-state index contributed by atoms with van der Waals surface area (Å²) >= 11 is 0. The van der Waals surface area contributed by atoms with Gasteiger partial charge in [0.15, 0.2) is 0 Å². The summed E-state index contributed by atoms with van der Waals surface area (Å²) in [5, 5.41) is 12.7.